The molecule has 3 amide bonds. The predicted octanol–water partition coefficient (Wildman–Crippen LogP) is 4.94. The van der Waals surface area contributed by atoms with Crippen LogP contribution in [0.15, 0.2) is 48.5 Å². The lowest BCUT2D eigenvalue weighted by atomic mass is 9.81. The van der Waals surface area contributed by atoms with Crippen molar-refractivity contribution in [3.8, 4) is 16.9 Å². The maximum absolute atomic E-state index is 13.6. The first-order chi connectivity index (χ1) is 18.8. The number of hydrogen-bond donors (Lipinski definition) is 3. The van der Waals surface area contributed by atoms with Crippen LogP contribution in [0.4, 0.5) is 0 Å². The third kappa shape index (κ3) is 8.30. The molecule has 0 saturated carbocycles. The maximum Gasteiger partial charge on any atom is 0.247 e. The molecule has 2 aromatic rings. The number of methoxy groups -OCH3 is 1. The Kier molecular flexibility index (Phi) is 11.3. The number of ether oxygens (including phenoxy) is 1. The average Bonchev–Trinajstić information content (AvgIpc) is 3.11. The van der Waals surface area contributed by atoms with E-state index in [1.54, 1.807) is 12.6 Å². The van der Waals surface area contributed by atoms with Gasteiger partial charge in [-0.1, -0.05) is 57.5 Å². The minimum absolute atomic E-state index is 0.102. The molecule has 1 aliphatic rings. The molecule has 1 heterocycles. The normalized spacial score (nSPS) is 17.3. The van der Waals surface area contributed by atoms with E-state index in [0.717, 1.165) is 35.3 Å². The summed E-state index contributed by atoms with van der Waals surface area (Å²) in [4.78, 5) is 41.4. The van der Waals surface area contributed by atoms with Crippen LogP contribution < -0.4 is 15.5 Å². The molecule has 3 N–H and O–H groups in total. The summed E-state index contributed by atoms with van der Waals surface area (Å²) in [6.07, 6.45) is 3.90. The third-order valence-electron chi connectivity index (χ3n) is 7.40. The van der Waals surface area contributed by atoms with Crippen molar-refractivity contribution in [1.82, 2.24) is 15.7 Å². The predicted molar refractivity (Wildman–Crippen MR) is 151 cm³/mol. The van der Waals surface area contributed by atoms with E-state index in [9.17, 15) is 19.6 Å². The Bertz CT molecular complexity index is 1120. The molecule has 0 aliphatic carbocycles. The molecule has 0 unspecified atom stereocenters. The van der Waals surface area contributed by atoms with Crippen LogP contribution in [0, 0.1) is 17.8 Å². The second-order valence-corrected chi connectivity index (χ2v) is 10.9. The van der Waals surface area contributed by atoms with Gasteiger partial charge >= 0.3 is 0 Å². The number of carbonyl (C=O) groups is 3. The zero-order valence-corrected chi connectivity index (χ0v) is 23.6. The fraction of sp³-hybridized carbons (Fsp3) is 0.516. The second kappa shape index (κ2) is 14.7. The Morgan fingerprint density at radius 3 is 2.44 bits per heavy atom. The Morgan fingerprint density at radius 2 is 1.77 bits per heavy atom. The zero-order valence-electron chi connectivity index (χ0n) is 23.6. The molecule has 2 aromatic carbocycles. The van der Waals surface area contributed by atoms with E-state index in [4.69, 9.17) is 4.74 Å². The molecule has 3 atom stereocenters. The number of amides is 3. The minimum atomic E-state index is -0.654. The van der Waals surface area contributed by atoms with Crippen molar-refractivity contribution in [3.63, 3.8) is 0 Å². The van der Waals surface area contributed by atoms with E-state index < -0.39 is 23.8 Å². The molecule has 212 valence electrons. The molecule has 0 bridgehead atoms. The molecule has 1 saturated heterocycles. The minimum Gasteiger partial charge on any atom is -0.497 e. The van der Waals surface area contributed by atoms with Gasteiger partial charge in [0, 0.05) is 19.0 Å². The van der Waals surface area contributed by atoms with Gasteiger partial charge in [0.05, 0.1) is 13.0 Å². The molecule has 1 aliphatic heterocycles. The van der Waals surface area contributed by atoms with Gasteiger partial charge in [-0.05, 0) is 72.9 Å². The van der Waals surface area contributed by atoms with Crippen LogP contribution in [-0.4, -0.2) is 47.5 Å². The highest BCUT2D eigenvalue weighted by atomic mass is 16.5. The first kappa shape index (κ1) is 30.2. The van der Waals surface area contributed by atoms with Crippen LogP contribution in [0.5, 0.6) is 5.75 Å². The van der Waals surface area contributed by atoms with Crippen molar-refractivity contribution in [1.29, 1.82) is 0 Å². The molecule has 1 fully saturated rings. The lowest BCUT2D eigenvalue weighted by molar-refractivity contribution is -0.143. The maximum atomic E-state index is 13.6. The van der Waals surface area contributed by atoms with Crippen LogP contribution in [0.25, 0.3) is 11.1 Å². The monoisotopic (exact) mass is 537 g/mol. The number of rotatable bonds is 12. The molecule has 39 heavy (non-hydrogen) atoms. The Balaban J connectivity index is 1.76. The molecule has 8 heteroatoms. The molecular formula is C31H43N3O5. The summed E-state index contributed by atoms with van der Waals surface area (Å²) in [6.45, 7) is 7.01. The van der Waals surface area contributed by atoms with Crippen LogP contribution in [0.1, 0.15) is 64.9 Å². The fourth-order valence-electron chi connectivity index (χ4n) is 5.42. The first-order valence-corrected chi connectivity index (χ1v) is 14.0. The van der Waals surface area contributed by atoms with E-state index >= 15 is 0 Å². The van der Waals surface area contributed by atoms with E-state index in [-0.39, 0.29) is 17.7 Å². The average molecular weight is 538 g/mol. The summed E-state index contributed by atoms with van der Waals surface area (Å²) in [5.41, 5.74) is 4.82. The number of carbonyl (C=O) groups excluding carboxylic acids is 3. The summed E-state index contributed by atoms with van der Waals surface area (Å²) in [5, 5.41) is 12.3. The van der Waals surface area contributed by atoms with Crippen molar-refractivity contribution < 1.29 is 24.3 Å². The fourth-order valence-corrected chi connectivity index (χ4v) is 5.42. The standard InChI is InChI=1S/C31H43N3O5/c1-5-10-26(30(36)33-38)27(17-21(2)3)29(35)32-28-15-6-7-16-34(31(28)37)20-22-11-8-12-23(18-22)24-13-9-14-25(19-24)39-4/h8-9,11-14,18-19,21,26-28,38H,5-7,10,15-17,20H2,1-4H3,(H,32,35)(H,33,36)/t26-,27-,28-/m0/s1. The summed E-state index contributed by atoms with van der Waals surface area (Å²) in [7, 11) is 1.64. The van der Waals surface area contributed by atoms with Crippen LogP contribution >= 0.6 is 0 Å². The highest BCUT2D eigenvalue weighted by Gasteiger charge is 2.36. The zero-order chi connectivity index (χ0) is 28.4. The lowest BCUT2D eigenvalue weighted by Gasteiger charge is -2.29. The quantitative estimate of drug-likeness (QED) is 0.262. The highest BCUT2D eigenvalue weighted by molar-refractivity contribution is 5.91. The molecule has 0 aromatic heterocycles. The third-order valence-corrected chi connectivity index (χ3v) is 7.40. The van der Waals surface area contributed by atoms with Gasteiger partial charge in [-0.2, -0.15) is 0 Å². The van der Waals surface area contributed by atoms with Crippen molar-refractivity contribution in [2.24, 2.45) is 17.8 Å². The van der Waals surface area contributed by atoms with Crippen LogP contribution in [0.2, 0.25) is 0 Å². The largest absolute Gasteiger partial charge is 0.497 e. The Labute approximate surface area is 232 Å². The lowest BCUT2D eigenvalue weighted by Crippen LogP contribution is -2.51. The smallest absolute Gasteiger partial charge is 0.247 e. The Morgan fingerprint density at radius 1 is 1.05 bits per heavy atom. The van der Waals surface area contributed by atoms with Gasteiger partial charge in [0.1, 0.15) is 11.8 Å². The van der Waals surface area contributed by atoms with Gasteiger partial charge in [0.25, 0.3) is 0 Å². The summed E-state index contributed by atoms with van der Waals surface area (Å²) >= 11 is 0. The van der Waals surface area contributed by atoms with E-state index in [1.165, 1.54) is 0 Å². The summed E-state index contributed by atoms with van der Waals surface area (Å²) in [5.74, 6) is -1.28. The molecule has 8 nitrogen and oxygen atoms in total. The molecule has 3 rings (SSSR count). The van der Waals surface area contributed by atoms with E-state index in [1.807, 2.05) is 68.1 Å². The summed E-state index contributed by atoms with van der Waals surface area (Å²) < 4.78 is 5.36. The van der Waals surface area contributed by atoms with Crippen molar-refractivity contribution >= 4 is 17.7 Å². The topological polar surface area (TPSA) is 108 Å². The molecule has 0 spiro atoms. The number of nitrogens with zero attached hydrogens (tertiary/aromatic N) is 1. The SMILES string of the molecule is CCC[C@H](C(=O)NO)[C@H](CC(C)C)C(=O)N[C@H]1CCCCN(Cc2cccc(-c3cccc(OC)c3)c2)C1=O. The van der Waals surface area contributed by atoms with Crippen molar-refractivity contribution in [2.45, 2.75) is 71.9 Å². The van der Waals surface area contributed by atoms with Gasteiger partial charge in [0.2, 0.25) is 17.7 Å². The highest BCUT2D eigenvalue weighted by Crippen LogP contribution is 2.28. The van der Waals surface area contributed by atoms with Crippen molar-refractivity contribution in [2.75, 3.05) is 13.7 Å². The number of likely N-dealkylation sites (tertiary alicyclic amines) is 1. The van der Waals surface area contributed by atoms with Crippen molar-refractivity contribution in [3.05, 3.63) is 54.1 Å². The van der Waals surface area contributed by atoms with Gasteiger partial charge in [-0.25, -0.2) is 5.48 Å². The van der Waals surface area contributed by atoms with Crippen LogP contribution in [-0.2, 0) is 20.9 Å². The second-order valence-electron chi connectivity index (χ2n) is 10.9. The number of benzene rings is 2. The number of hydrogen-bond acceptors (Lipinski definition) is 5. The molecular weight excluding hydrogens is 494 g/mol. The van der Waals surface area contributed by atoms with Gasteiger partial charge < -0.3 is 15.0 Å². The number of nitrogens with one attached hydrogen (secondary N) is 2. The van der Waals surface area contributed by atoms with E-state index in [0.29, 0.717) is 38.8 Å². The van der Waals surface area contributed by atoms with E-state index in [2.05, 4.69) is 11.4 Å². The number of hydroxylamine groups is 1. The first-order valence-electron chi connectivity index (χ1n) is 14.0. The van der Waals surface area contributed by atoms with Crippen LogP contribution in [0.3, 0.4) is 0 Å². The Hall–Kier alpha value is -3.39. The summed E-state index contributed by atoms with van der Waals surface area (Å²) in [6, 6.07) is 15.4. The van der Waals surface area contributed by atoms with Gasteiger partial charge in [-0.15, -0.1) is 0 Å². The molecule has 0 radical (unpaired) electrons. The van der Waals surface area contributed by atoms with Gasteiger partial charge in [-0.3, -0.25) is 19.6 Å². The van der Waals surface area contributed by atoms with Gasteiger partial charge in [0.15, 0.2) is 0 Å².